The molecular weight excluding hydrogens is 415 g/mol. The molecule has 2 aliphatic carbocycles. The highest BCUT2D eigenvalue weighted by Crippen LogP contribution is 2.56. The predicted molar refractivity (Wildman–Crippen MR) is 115 cm³/mol. The second-order valence-electron chi connectivity index (χ2n) is 9.50. The van der Waals surface area contributed by atoms with Crippen LogP contribution in [0.4, 0.5) is 13.2 Å². The Hall–Kier alpha value is -2.63. The molecule has 3 fully saturated rings. The minimum Gasteiger partial charge on any atom is -0.462 e. The zero-order chi connectivity index (χ0) is 22.5. The number of allylic oxidation sites excluding steroid dienone is 1. The van der Waals surface area contributed by atoms with Gasteiger partial charge in [-0.25, -0.2) is 13.2 Å². The monoisotopic (exact) mass is 441 g/mol. The molecule has 0 unspecified atom stereocenters. The number of fused-ring (bicyclic) bond motifs is 2. The second-order valence-corrected chi connectivity index (χ2v) is 9.50. The highest BCUT2D eigenvalue weighted by Gasteiger charge is 2.56. The summed E-state index contributed by atoms with van der Waals surface area (Å²) >= 11 is 0. The lowest BCUT2D eigenvalue weighted by atomic mass is 9.57. The number of alkyl halides is 2. The molecule has 168 valence electrons. The lowest BCUT2D eigenvalue weighted by molar-refractivity contribution is -0.145. The minimum atomic E-state index is -2.65. The van der Waals surface area contributed by atoms with E-state index in [9.17, 15) is 18.0 Å². The Bertz CT molecular complexity index is 1040. The van der Waals surface area contributed by atoms with Crippen molar-refractivity contribution in [2.75, 3.05) is 0 Å². The van der Waals surface area contributed by atoms with Crippen LogP contribution in [0.5, 0.6) is 0 Å². The van der Waals surface area contributed by atoms with Gasteiger partial charge in [-0.1, -0.05) is 24.3 Å². The summed E-state index contributed by atoms with van der Waals surface area (Å²) in [5.74, 6) is -3.53. The van der Waals surface area contributed by atoms with Crippen LogP contribution in [-0.4, -0.2) is 23.0 Å². The maximum Gasteiger partial charge on any atom is 0.309 e. The van der Waals surface area contributed by atoms with Gasteiger partial charge in [0, 0.05) is 30.5 Å². The van der Waals surface area contributed by atoms with E-state index in [2.05, 4.69) is 11.1 Å². The normalized spacial score (nSPS) is 33.6. The maximum absolute atomic E-state index is 14.1. The number of ether oxygens (including phenoxy) is 1. The standard InChI is InChI=1S/C26H26F3NO2/c1-15-24-22(21-9-10-26(28,29)13-18(21)12-23(24)25(31)32-15)8-7-20-6-5-17(14-30-20)16-3-2-4-19(27)11-16/h2-8,11,14-15,18,21-24H,9-10,12-13H2,1H3/b8-7+/t15-,18-,21-,22+,23-,24+/m1/s1. The molecule has 3 nitrogen and oxygen atoms in total. The fourth-order valence-corrected chi connectivity index (χ4v) is 6.12. The summed E-state index contributed by atoms with van der Waals surface area (Å²) in [5, 5.41) is 0. The van der Waals surface area contributed by atoms with Crippen LogP contribution in [0.3, 0.4) is 0 Å². The van der Waals surface area contributed by atoms with E-state index in [4.69, 9.17) is 4.74 Å². The Balaban J connectivity index is 1.40. The van der Waals surface area contributed by atoms with Crippen molar-refractivity contribution >= 4 is 12.0 Å². The van der Waals surface area contributed by atoms with Crippen molar-refractivity contribution in [3.8, 4) is 11.1 Å². The second kappa shape index (κ2) is 8.05. The fraction of sp³-hybridized carbons (Fsp3) is 0.462. The number of pyridine rings is 1. The first kappa shape index (κ1) is 21.2. The third-order valence-electron chi connectivity index (χ3n) is 7.55. The van der Waals surface area contributed by atoms with Crippen LogP contribution >= 0.6 is 0 Å². The van der Waals surface area contributed by atoms with Crippen LogP contribution in [0.15, 0.2) is 48.7 Å². The van der Waals surface area contributed by atoms with Gasteiger partial charge in [0.25, 0.3) is 0 Å². The number of benzene rings is 1. The summed E-state index contributed by atoms with van der Waals surface area (Å²) in [4.78, 5) is 16.9. The number of nitrogens with zero attached hydrogens (tertiary/aromatic N) is 1. The summed E-state index contributed by atoms with van der Waals surface area (Å²) in [6, 6.07) is 10.1. The summed E-state index contributed by atoms with van der Waals surface area (Å²) in [6.45, 7) is 1.91. The zero-order valence-corrected chi connectivity index (χ0v) is 17.9. The van der Waals surface area contributed by atoms with Crippen molar-refractivity contribution in [3.05, 3.63) is 60.2 Å². The third-order valence-corrected chi connectivity index (χ3v) is 7.55. The minimum absolute atomic E-state index is 0.000922. The lowest BCUT2D eigenvalue weighted by Crippen LogP contribution is -2.46. The van der Waals surface area contributed by atoms with Crippen molar-refractivity contribution in [2.45, 2.75) is 44.6 Å². The molecule has 0 spiro atoms. The van der Waals surface area contributed by atoms with Crippen molar-refractivity contribution in [1.82, 2.24) is 4.98 Å². The number of carbonyl (C=O) groups is 1. The molecule has 1 aromatic heterocycles. The molecule has 1 aromatic carbocycles. The smallest absolute Gasteiger partial charge is 0.309 e. The Labute approximate surface area is 185 Å². The van der Waals surface area contributed by atoms with Gasteiger partial charge in [0.2, 0.25) is 5.92 Å². The van der Waals surface area contributed by atoms with Gasteiger partial charge in [0.15, 0.2) is 0 Å². The van der Waals surface area contributed by atoms with Crippen LogP contribution in [-0.2, 0) is 9.53 Å². The number of hydrogen-bond donors (Lipinski definition) is 0. The summed E-state index contributed by atoms with van der Waals surface area (Å²) in [6.07, 6.45) is 6.18. The van der Waals surface area contributed by atoms with E-state index in [-0.39, 0.29) is 60.3 Å². The van der Waals surface area contributed by atoms with E-state index in [0.717, 1.165) is 16.8 Å². The zero-order valence-electron chi connectivity index (χ0n) is 17.9. The van der Waals surface area contributed by atoms with Crippen molar-refractivity contribution in [1.29, 1.82) is 0 Å². The van der Waals surface area contributed by atoms with Crippen LogP contribution in [0.1, 0.15) is 38.3 Å². The molecular formula is C26H26F3NO2. The predicted octanol–water partition coefficient (Wildman–Crippen LogP) is 6.15. The number of aromatic nitrogens is 1. The van der Waals surface area contributed by atoms with Crippen LogP contribution in [0.25, 0.3) is 17.2 Å². The number of cyclic esters (lactones) is 1. The molecule has 3 aliphatic rings. The van der Waals surface area contributed by atoms with Gasteiger partial charge in [-0.3, -0.25) is 9.78 Å². The molecule has 0 amide bonds. The van der Waals surface area contributed by atoms with E-state index >= 15 is 0 Å². The van der Waals surface area contributed by atoms with Crippen molar-refractivity contribution < 1.29 is 22.7 Å². The molecule has 6 atom stereocenters. The molecule has 0 radical (unpaired) electrons. The largest absolute Gasteiger partial charge is 0.462 e. The molecule has 2 saturated carbocycles. The van der Waals surface area contributed by atoms with Crippen LogP contribution in [0.2, 0.25) is 0 Å². The SMILES string of the molecule is C[C@H]1OC(=O)[C@@H]2C[C@@H]3CC(F)(F)CC[C@H]3[C@H](/C=C/c3ccc(-c4cccc(F)c4)cn3)[C@H]12. The molecule has 1 aliphatic heterocycles. The first-order valence-electron chi connectivity index (χ1n) is 11.3. The van der Waals surface area contributed by atoms with Crippen LogP contribution in [0, 0.1) is 35.4 Å². The topological polar surface area (TPSA) is 39.2 Å². The highest BCUT2D eigenvalue weighted by molar-refractivity contribution is 5.75. The number of hydrogen-bond acceptors (Lipinski definition) is 3. The van der Waals surface area contributed by atoms with Gasteiger partial charge in [-0.05, 0) is 67.4 Å². The van der Waals surface area contributed by atoms with Gasteiger partial charge in [0.1, 0.15) is 11.9 Å². The average Bonchev–Trinajstić information content (AvgIpc) is 3.04. The lowest BCUT2D eigenvalue weighted by Gasteiger charge is -2.47. The summed E-state index contributed by atoms with van der Waals surface area (Å²) in [5.41, 5.74) is 2.31. The molecule has 5 rings (SSSR count). The Morgan fingerprint density at radius 1 is 1.19 bits per heavy atom. The molecule has 32 heavy (non-hydrogen) atoms. The molecule has 0 N–H and O–H groups in total. The first-order chi connectivity index (χ1) is 15.3. The Morgan fingerprint density at radius 2 is 2.03 bits per heavy atom. The van der Waals surface area contributed by atoms with Gasteiger partial charge < -0.3 is 4.74 Å². The molecule has 2 heterocycles. The van der Waals surface area contributed by atoms with Crippen molar-refractivity contribution in [2.24, 2.45) is 29.6 Å². The third kappa shape index (κ3) is 3.96. The fourth-order valence-electron chi connectivity index (χ4n) is 6.12. The molecule has 2 aromatic rings. The van der Waals surface area contributed by atoms with E-state index in [0.29, 0.717) is 12.8 Å². The van der Waals surface area contributed by atoms with Crippen LogP contribution < -0.4 is 0 Å². The van der Waals surface area contributed by atoms with E-state index in [1.54, 1.807) is 12.3 Å². The van der Waals surface area contributed by atoms with Crippen molar-refractivity contribution in [3.63, 3.8) is 0 Å². The number of rotatable bonds is 3. The Kier molecular flexibility index (Phi) is 5.34. The highest BCUT2D eigenvalue weighted by atomic mass is 19.3. The summed E-state index contributed by atoms with van der Waals surface area (Å²) < 4.78 is 47.2. The average molecular weight is 441 g/mol. The molecule has 6 heteroatoms. The first-order valence-corrected chi connectivity index (χ1v) is 11.3. The molecule has 1 saturated heterocycles. The van der Waals surface area contributed by atoms with E-state index in [1.807, 2.05) is 31.2 Å². The van der Waals surface area contributed by atoms with Gasteiger partial charge >= 0.3 is 5.97 Å². The Morgan fingerprint density at radius 3 is 2.78 bits per heavy atom. The quantitative estimate of drug-likeness (QED) is 0.537. The molecule has 0 bridgehead atoms. The number of carbonyl (C=O) groups excluding carboxylic acids is 1. The number of esters is 1. The van der Waals surface area contributed by atoms with E-state index in [1.165, 1.54) is 12.1 Å². The van der Waals surface area contributed by atoms with Gasteiger partial charge in [-0.2, -0.15) is 0 Å². The van der Waals surface area contributed by atoms with E-state index < -0.39 is 5.92 Å². The maximum atomic E-state index is 14.1. The van der Waals surface area contributed by atoms with Gasteiger partial charge in [0.05, 0.1) is 11.6 Å². The number of halogens is 3. The summed E-state index contributed by atoms with van der Waals surface area (Å²) in [7, 11) is 0. The van der Waals surface area contributed by atoms with Gasteiger partial charge in [-0.15, -0.1) is 0 Å².